The first kappa shape index (κ1) is 15.5. The third-order valence-corrected chi connectivity index (χ3v) is 4.22. The second-order valence-electron chi connectivity index (χ2n) is 5.94. The third-order valence-electron chi connectivity index (χ3n) is 4.22. The van der Waals surface area contributed by atoms with Crippen molar-refractivity contribution in [2.24, 2.45) is 0 Å². The van der Waals surface area contributed by atoms with Gasteiger partial charge in [-0.25, -0.2) is 4.79 Å². The van der Waals surface area contributed by atoms with Gasteiger partial charge in [-0.3, -0.25) is 0 Å². The summed E-state index contributed by atoms with van der Waals surface area (Å²) in [5.74, 6) is 1.50. The number of aromatic nitrogens is 2. The average molecular weight is 314 g/mol. The van der Waals surface area contributed by atoms with Crippen LogP contribution >= 0.6 is 0 Å². The highest BCUT2D eigenvalue weighted by atomic mass is 16.5. The first-order chi connectivity index (χ1) is 11.2. The fraction of sp³-hybridized carbons (Fsp3) is 0.389. The van der Waals surface area contributed by atoms with E-state index in [9.17, 15) is 4.79 Å². The Kier molecular flexibility index (Phi) is 4.55. The third kappa shape index (κ3) is 3.67. The van der Waals surface area contributed by atoms with Crippen LogP contribution in [0.15, 0.2) is 35.8 Å². The lowest BCUT2D eigenvalue weighted by Gasteiger charge is -2.17. The number of methoxy groups -OCH3 is 1. The molecule has 0 radical (unpaired) electrons. The van der Waals surface area contributed by atoms with Gasteiger partial charge in [0.05, 0.1) is 13.2 Å². The zero-order valence-corrected chi connectivity index (χ0v) is 13.4. The van der Waals surface area contributed by atoms with Gasteiger partial charge in [0.2, 0.25) is 0 Å². The summed E-state index contributed by atoms with van der Waals surface area (Å²) < 4.78 is 11.5. The zero-order chi connectivity index (χ0) is 16.2. The summed E-state index contributed by atoms with van der Waals surface area (Å²) in [5.41, 5.74) is 2.52. The van der Waals surface area contributed by atoms with Gasteiger partial charge in [-0.1, -0.05) is 12.6 Å². The molecule has 1 heterocycles. The molecule has 1 saturated carbocycles. The van der Waals surface area contributed by atoms with E-state index < -0.39 is 0 Å². The molecule has 5 heteroatoms. The summed E-state index contributed by atoms with van der Waals surface area (Å²) in [6.07, 6.45) is 7.16. The lowest BCUT2D eigenvalue weighted by atomic mass is 10.0. The highest BCUT2D eigenvalue weighted by molar-refractivity contribution is 5.67. The number of rotatable bonds is 6. The van der Waals surface area contributed by atoms with Crippen LogP contribution in [0.5, 0.6) is 11.5 Å². The number of imidazole rings is 1. The Morgan fingerprint density at radius 2 is 2.09 bits per heavy atom. The van der Waals surface area contributed by atoms with Crippen molar-refractivity contribution in [2.75, 3.05) is 7.11 Å². The molecule has 2 N–H and O–H groups in total. The van der Waals surface area contributed by atoms with Crippen LogP contribution in [-0.4, -0.2) is 23.2 Å². The van der Waals surface area contributed by atoms with Crippen LogP contribution in [-0.2, 0) is 6.42 Å². The molecular formula is C18H22N2O3. The summed E-state index contributed by atoms with van der Waals surface area (Å²) in [6.45, 7) is 4.13. The predicted molar refractivity (Wildman–Crippen MR) is 90.0 cm³/mol. The Bertz CT molecular complexity index is 739. The van der Waals surface area contributed by atoms with Crippen molar-refractivity contribution >= 4 is 5.57 Å². The van der Waals surface area contributed by atoms with E-state index in [4.69, 9.17) is 9.47 Å². The van der Waals surface area contributed by atoms with Gasteiger partial charge in [0.25, 0.3) is 0 Å². The van der Waals surface area contributed by atoms with Crippen molar-refractivity contribution in [3.63, 3.8) is 0 Å². The molecule has 1 aliphatic carbocycles. The topological polar surface area (TPSA) is 67.1 Å². The molecule has 0 unspecified atom stereocenters. The summed E-state index contributed by atoms with van der Waals surface area (Å²) in [4.78, 5) is 16.5. The van der Waals surface area contributed by atoms with Gasteiger partial charge in [-0.05, 0) is 49.0 Å². The minimum atomic E-state index is -0.201. The fourth-order valence-corrected chi connectivity index (χ4v) is 2.97. The molecule has 0 aliphatic heterocycles. The standard InChI is InChI=1S/C18H22N2O3/c1-12(9-14-11-19-18(21)20-14)13-7-8-16(22-2)17(10-13)23-15-5-3-4-6-15/h7-8,10-11,15H,1,3-6,9H2,2H3,(H2,19,20,21). The predicted octanol–water partition coefficient (Wildman–Crippen LogP) is 3.29. The van der Waals surface area contributed by atoms with Crippen molar-refractivity contribution < 1.29 is 9.47 Å². The zero-order valence-electron chi connectivity index (χ0n) is 13.4. The smallest absolute Gasteiger partial charge is 0.323 e. The van der Waals surface area contributed by atoms with Crippen molar-refractivity contribution in [3.05, 3.63) is 52.7 Å². The number of hydrogen-bond donors (Lipinski definition) is 2. The Labute approximate surface area is 135 Å². The SMILES string of the molecule is C=C(Cc1c[nH]c(=O)[nH]1)c1ccc(OC)c(OC2CCCC2)c1. The molecule has 0 saturated heterocycles. The van der Waals surface area contributed by atoms with Gasteiger partial charge in [-0.2, -0.15) is 0 Å². The number of allylic oxidation sites excluding steroid dienone is 1. The van der Waals surface area contributed by atoms with E-state index in [1.165, 1.54) is 12.8 Å². The van der Waals surface area contributed by atoms with Crippen molar-refractivity contribution in [2.45, 2.75) is 38.2 Å². The molecule has 5 nitrogen and oxygen atoms in total. The van der Waals surface area contributed by atoms with E-state index in [1.807, 2.05) is 18.2 Å². The molecule has 122 valence electrons. The van der Waals surface area contributed by atoms with Gasteiger partial charge in [-0.15, -0.1) is 0 Å². The lowest BCUT2D eigenvalue weighted by Crippen LogP contribution is -2.11. The molecule has 0 atom stereocenters. The van der Waals surface area contributed by atoms with Gasteiger partial charge in [0.15, 0.2) is 11.5 Å². The summed E-state index contributed by atoms with van der Waals surface area (Å²) >= 11 is 0. The first-order valence-electron chi connectivity index (χ1n) is 7.95. The van der Waals surface area contributed by atoms with Crippen molar-refractivity contribution in [1.29, 1.82) is 0 Å². The van der Waals surface area contributed by atoms with Crippen LogP contribution in [0.4, 0.5) is 0 Å². The number of benzene rings is 1. The van der Waals surface area contributed by atoms with Crippen LogP contribution in [0.2, 0.25) is 0 Å². The van der Waals surface area contributed by atoms with Crippen LogP contribution in [0.3, 0.4) is 0 Å². The summed E-state index contributed by atoms with van der Waals surface area (Å²) in [7, 11) is 1.65. The van der Waals surface area contributed by atoms with E-state index in [2.05, 4.69) is 16.5 Å². The largest absolute Gasteiger partial charge is 0.493 e. The molecule has 1 aromatic carbocycles. The van der Waals surface area contributed by atoms with E-state index in [0.717, 1.165) is 41.2 Å². The minimum Gasteiger partial charge on any atom is -0.493 e. The molecule has 3 rings (SSSR count). The van der Waals surface area contributed by atoms with Crippen LogP contribution in [0, 0.1) is 0 Å². The Hall–Kier alpha value is -2.43. The molecule has 0 spiro atoms. The van der Waals surface area contributed by atoms with E-state index in [1.54, 1.807) is 13.3 Å². The van der Waals surface area contributed by atoms with Crippen LogP contribution in [0.25, 0.3) is 5.57 Å². The quantitative estimate of drug-likeness (QED) is 0.860. The molecule has 0 bridgehead atoms. The van der Waals surface area contributed by atoms with Gasteiger partial charge in [0, 0.05) is 18.3 Å². The number of nitrogens with one attached hydrogen (secondary N) is 2. The Morgan fingerprint density at radius 1 is 1.30 bits per heavy atom. The highest BCUT2D eigenvalue weighted by Crippen LogP contribution is 2.34. The average Bonchev–Trinajstić information content (AvgIpc) is 3.19. The fourth-order valence-electron chi connectivity index (χ4n) is 2.97. The highest BCUT2D eigenvalue weighted by Gasteiger charge is 2.19. The van der Waals surface area contributed by atoms with E-state index in [-0.39, 0.29) is 11.8 Å². The second-order valence-corrected chi connectivity index (χ2v) is 5.94. The summed E-state index contributed by atoms with van der Waals surface area (Å²) in [6, 6.07) is 5.85. The van der Waals surface area contributed by atoms with E-state index >= 15 is 0 Å². The number of H-pyrrole nitrogens is 2. The molecule has 23 heavy (non-hydrogen) atoms. The Balaban J connectivity index is 1.78. The van der Waals surface area contributed by atoms with Crippen LogP contribution in [0.1, 0.15) is 36.9 Å². The van der Waals surface area contributed by atoms with Crippen molar-refractivity contribution in [1.82, 2.24) is 9.97 Å². The first-order valence-corrected chi connectivity index (χ1v) is 7.95. The maximum atomic E-state index is 11.2. The second kappa shape index (κ2) is 6.77. The molecular weight excluding hydrogens is 292 g/mol. The number of aromatic amines is 2. The molecule has 1 fully saturated rings. The lowest BCUT2D eigenvalue weighted by molar-refractivity contribution is 0.200. The monoisotopic (exact) mass is 314 g/mol. The van der Waals surface area contributed by atoms with Gasteiger partial charge in [0.1, 0.15) is 0 Å². The number of ether oxygens (including phenoxy) is 2. The molecule has 0 amide bonds. The van der Waals surface area contributed by atoms with Crippen LogP contribution < -0.4 is 15.2 Å². The summed E-state index contributed by atoms with van der Waals surface area (Å²) in [5, 5.41) is 0. The molecule has 1 aliphatic rings. The molecule has 2 aromatic rings. The van der Waals surface area contributed by atoms with Gasteiger partial charge < -0.3 is 19.4 Å². The van der Waals surface area contributed by atoms with Crippen molar-refractivity contribution in [3.8, 4) is 11.5 Å². The minimum absolute atomic E-state index is 0.201. The van der Waals surface area contributed by atoms with Gasteiger partial charge >= 0.3 is 5.69 Å². The van der Waals surface area contributed by atoms with E-state index in [0.29, 0.717) is 6.42 Å². The Morgan fingerprint density at radius 3 is 2.74 bits per heavy atom. The normalized spacial score (nSPS) is 14.8. The molecule has 1 aromatic heterocycles. The number of hydrogen-bond acceptors (Lipinski definition) is 3. The maximum Gasteiger partial charge on any atom is 0.323 e. The maximum absolute atomic E-state index is 11.2.